The Hall–Kier alpha value is -3.38. The summed E-state index contributed by atoms with van der Waals surface area (Å²) in [7, 11) is -2.31. The number of benzene rings is 1. The van der Waals surface area contributed by atoms with Crippen molar-refractivity contribution in [2.24, 2.45) is 7.05 Å². The predicted molar refractivity (Wildman–Crippen MR) is 99.0 cm³/mol. The van der Waals surface area contributed by atoms with Crippen molar-refractivity contribution in [3.63, 3.8) is 0 Å². The van der Waals surface area contributed by atoms with Crippen LogP contribution in [-0.4, -0.2) is 39.2 Å². The fourth-order valence-electron chi connectivity index (χ4n) is 2.50. The lowest BCUT2D eigenvalue weighted by Gasteiger charge is -2.06. The summed E-state index contributed by atoms with van der Waals surface area (Å²) in [5.74, 6) is 0.413. The highest BCUT2D eigenvalue weighted by molar-refractivity contribution is 7.89. The number of hydrogen-bond acceptors (Lipinski definition) is 7. The lowest BCUT2D eigenvalue weighted by molar-refractivity contribution is -0.384. The molecule has 11 nitrogen and oxygen atoms in total. The summed E-state index contributed by atoms with van der Waals surface area (Å²) in [4.78, 5) is 26.2. The molecule has 12 heteroatoms. The fourth-order valence-corrected chi connectivity index (χ4v) is 3.52. The predicted octanol–water partition coefficient (Wildman–Crippen LogP) is 0.530. The first-order valence-electron chi connectivity index (χ1n) is 8.08. The molecule has 1 aromatic carbocycles. The molecule has 2 aromatic heterocycles. The number of nitro benzene ring substituents is 1. The molecule has 2 heterocycles. The van der Waals surface area contributed by atoms with Gasteiger partial charge in [0.15, 0.2) is 5.82 Å². The Morgan fingerprint density at radius 1 is 1.21 bits per heavy atom. The van der Waals surface area contributed by atoms with Crippen LogP contribution < -0.4 is 10.4 Å². The summed E-state index contributed by atoms with van der Waals surface area (Å²) < 4.78 is 29.4. The molecule has 3 aromatic rings. The van der Waals surface area contributed by atoms with E-state index in [4.69, 9.17) is 0 Å². The van der Waals surface area contributed by atoms with Crippen LogP contribution in [0.15, 0.2) is 58.5 Å². The van der Waals surface area contributed by atoms with Crippen LogP contribution >= 0.6 is 0 Å². The molecule has 3 rings (SSSR count). The Labute approximate surface area is 159 Å². The summed E-state index contributed by atoms with van der Waals surface area (Å²) >= 11 is 0. The minimum atomic E-state index is -3.87. The lowest BCUT2D eigenvalue weighted by atomic mass is 10.3. The number of pyridine rings is 1. The first-order valence-corrected chi connectivity index (χ1v) is 9.56. The van der Waals surface area contributed by atoms with Crippen LogP contribution in [0.4, 0.5) is 5.69 Å². The highest BCUT2D eigenvalue weighted by Gasteiger charge is 2.17. The Balaban J connectivity index is 1.71. The molecule has 146 valence electrons. The van der Waals surface area contributed by atoms with Crippen LogP contribution in [0, 0.1) is 10.1 Å². The van der Waals surface area contributed by atoms with E-state index in [-0.39, 0.29) is 23.7 Å². The Morgan fingerprint density at radius 3 is 2.54 bits per heavy atom. The number of nitrogens with one attached hydrogen (secondary N) is 1. The van der Waals surface area contributed by atoms with Crippen molar-refractivity contribution in [3.05, 3.63) is 69.4 Å². The minimum Gasteiger partial charge on any atom is -0.278 e. The molecule has 0 radical (unpaired) electrons. The summed E-state index contributed by atoms with van der Waals surface area (Å²) in [5, 5.41) is 14.9. The van der Waals surface area contributed by atoms with Gasteiger partial charge in [0.1, 0.15) is 0 Å². The number of hydrogen-bond donors (Lipinski definition) is 1. The summed E-state index contributed by atoms with van der Waals surface area (Å²) in [6.45, 7) is -0.0676. The molecule has 0 atom stereocenters. The molecule has 0 aliphatic rings. The molecule has 0 saturated heterocycles. The van der Waals surface area contributed by atoms with Crippen molar-refractivity contribution in [1.29, 1.82) is 0 Å². The van der Waals surface area contributed by atoms with E-state index in [0.717, 1.165) is 28.9 Å². The number of non-ortho nitro benzene ring substituents is 1. The fraction of sp³-hybridized carbons (Fsp3) is 0.188. The topological polar surface area (TPSA) is 142 Å². The number of rotatable bonds is 7. The molecule has 0 unspecified atom stereocenters. The highest BCUT2D eigenvalue weighted by Crippen LogP contribution is 2.15. The van der Waals surface area contributed by atoms with E-state index >= 15 is 0 Å². The third-order valence-electron chi connectivity index (χ3n) is 3.93. The van der Waals surface area contributed by atoms with Crippen molar-refractivity contribution in [3.8, 4) is 11.4 Å². The molecule has 28 heavy (non-hydrogen) atoms. The van der Waals surface area contributed by atoms with Gasteiger partial charge in [0.25, 0.3) is 5.69 Å². The van der Waals surface area contributed by atoms with Crippen LogP contribution in [0.25, 0.3) is 11.4 Å². The van der Waals surface area contributed by atoms with E-state index in [0.29, 0.717) is 11.4 Å². The maximum atomic E-state index is 12.3. The molecule has 0 amide bonds. The van der Waals surface area contributed by atoms with Crippen molar-refractivity contribution >= 4 is 15.7 Å². The van der Waals surface area contributed by atoms with Gasteiger partial charge in [-0.25, -0.2) is 22.6 Å². The van der Waals surface area contributed by atoms with Crippen molar-refractivity contribution in [2.45, 2.75) is 11.4 Å². The molecule has 0 fully saturated rings. The average Bonchev–Trinajstić information content (AvgIpc) is 2.97. The average molecular weight is 404 g/mol. The van der Waals surface area contributed by atoms with Crippen molar-refractivity contribution < 1.29 is 13.3 Å². The zero-order valence-electron chi connectivity index (χ0n) is 14.7. The smallest absolute Gasteiger partial charge is 0.278 e. The monoisotopic (exact) mass is 404 g/mol. The number of sulfonamides is 1. The second-order valence-electron chi connectivity index (χ2n) is 5.78. The molecule has 0 aliphatic carbocycles. The van der Waals surface area contributed by atoms with Gasteiger partial charge in [-0.05, 0) is 24.3 Å². The van der Waals surface area contributed by atoms with Crippen LogP contribution in [0.2, 0.25) is 0 Å². The van der Waals surface area contributed by atoms with Crippen LogP contribution in [0.1, 0.15) is 0 Å². The van der Waals surface area contributed by atoms with Gasteiger partial charge in [-0.3, -0.25) is 19.7 Å². The van der Waals surface area contributed by atoms with Crippen molar-refractivity contribution in [1.82, 2.24) is 24.1 Å². The van der Waals surface area contributed by atoms with Crippen molar-refractivity contribution in [2.75, 3.05) is 6.54 Å². The Morgan fingerprint density at radius 2 is 1.93 bits per heavy atom. The van der Waals surface area contributed by atoms with Gasteiger partial charge in [0, 0.05) is 43.7 Å². The van der Waals surface area contributed by atoms with Gasteiger partial charge in [-0.15, -0.1) is 5.10 Å². The second-order valence-corrected chi connectivity index (χ2v) is 7.55. The summed E-state index contributed by atoms with van der Waals surface area (Å²) in [5.41, 5.74) is 0.0580. The van der Waals surface area contributed by atoms with E-state index in [1.807, 2.05) is 0 Å². The van der Waals surface area contributed by atoms with Gasteiger partial charge in [-0.2, -0.15) is 0 Å². The molecule has 0 bridgehead atoms. The third-order valence-corrected chi connectivity index (χ3v) is 5.41. The molecular weight excluding hydrogens is 388 g/mol. The normalized spacial score (nSPS) is 11.5. The van der Waals surface area contributed by atoms with Gasteiger partial charge in [0.2, 0.25) is 10.0 Å². The third kappa shape index (κ3) is 3.97. The zero-order chi connectivity index (χ0) is 20.3. The zero-order valence-corrected chi connectivity index (χ0v) is 15.5. The maximum Gasteiger partial charge on any atom is 0.345 e. The van der Waals surface area contributed by atoms with Gasteiger partial charge >= 0.3 is 5.69 Å². The SMILES string of the molecule is Cn1c(-c2cccnc2)nn(CCNS(=O)(=O)c2ccc([N+](=O)[O-])cc2)c1=O. The number of nitro groups is 1. The Bertz CT molecular complexity index is 1150. The number of nitrogens with zero attached hydrogens (tertiary/aromatic N) is 5. The van der Waals surface area contributed by atoms with E-state index in [9.17, 15) is 23.3 Å². The molecule has 0 saturated carbocycles. The molecule has 1 N–H and O–H groups in total. The van der Waals surface area contributed by atoms with Crippen LogP contribution in [-0.2, 0) is 23.6 Å². The standard InChI is InChI=1S/C16H16N6O5S/c1-20-15(12-3-2-8-17-11-12)19-21(16(20)23)10-9-18-28(26,27)14-6-4-13(5-7-14)22(24)25/h2-8,11,18H,9-10H2,1H3. The van der Waals surface area contributed by atoms with Gasteiger partial charge in [-0.1, -0.05) is 0 Å². The summed E-state index contributed by atoms with van der Waals surface area (Å²) in [6, 6.07) is 7.99. The van der Waals surface area contributed by atoms with E-state index < -0.39 is 20.6 Å². The maximum absolute atomic E-state index is 12.3. The Kier molecular flexibility index (Phi) is 5.33. The first kappa shape index (κ1) is 19.4. The largest absolute Gasteiger partial charge is 0.345 e. The van der Waals surface area contributed by atoms with Crippen LogP contribution in [0.5, 0.6) is 0 Å². The molecule has 0 aliphatic heterocycles. The van der Waals surface area contributed by atoms with Crippen LogP contribution in [0.3, 0.4) is 0 Å². The summed E-state index contributed by atoms with van der Waals surface area (Å²) in [6.07, 6.45) is 3.18. The van der Waals surface area contributed by atoms with E-state index in [1.54, 1.807) is 31.6 Å². The lowest BCUT2D eigenvalue weighted by Crippen LogP contribution is -2.31. The van der Waals surface area contributed by atoms with Gasteiger partial charge in [0.05, 0.1) is 16.4 Å². The number of aromatic nitrogens is 4. The second kappa shape index (κ2) is 7.70. The van der Waals surface area contributed by atoms with E-state index in [1.165, 1.54) is 4.57 Å². The van der Waals surface area contributed by atoms with E-state index in [2.05, 4.69) is 14.8 Å². The quantitative estimate of drug-likeness (QED) is 0.447. The molecule has 0 spiro atoms. The first-order chi connectivity index (χ1) is 13.3. The highest BCUT2D eigenvalue weighted by atomic mass is 32.2. The van der Waals surface area contributed by atoms with Gasteiger partial charge < -0.3 is 0 Å². The minimum absolute atomic E-state index is 0.0130. The molecular formula is C16H16N6O5S.